The third-order valence-corrected chi connectivity index (χ3v) is 5.51. The van der Waals surface area contributed by atoms with Crippen molar-refractivity contribution in [1.82, 2.24) is 10.6 Å². The standard InChI is InChI=1S/C26H28N2O3/c1-18(22-13-14-23-24(17-22)31-16-15-30-23)27-19(2)26(29)28-25(20-9-5-3-6-10-20)21-11-7-4-8-12-21/h3-14,17-19,25,27H,15-16H2,1-2H3,(H,28,29)/t18-,19+/m0/s1. The predicted octanol–water partition coefficient (Wildman–Crippen LogP) is 4.40. The van der Waals surface area contributed by atoms with E-state index in [2.05, 4.69) is 10.6 Å². The first-order valence-corrected chi connectivity index (χ1v) is 10.7. The van der Waals surface area contributed by atoms with Gasteiger partial charge in [-0.3, -0.25) is 10.1 Å². The van der Waals surface area contributed by atoms with Crippen LogP contribution in [-0.4, -0.2) is 25.2 Å². The maximum Gasteiger partial charge on any atom is 0.237 e. The van der Waals surface area contributed by atoms with Gasteiger partial charge in [0.15, 0.2) is 11.5 Å². The van der Waals surface area contributed by atoms with Gasteiger partial charge in [-0.05, 0) is 42.7 Å². The molecule has 5 heteroatoms. The Morgan fingerprint density at radius 3 is 1.97 bits per heavy atom. The summed E-state index contributed by atoms with van der Waals surface area (Å²) in [7, 11) is 0. The lowest BCUT2D eigenvalue weighted by atomic mass is 9.98. The molecule has 0 unspecified atom stereocenters. The van der Waals surface area contributed by atoms with Gasteiger partial charge in [0.2, 0.25) is 5.91 Å². The first-order chi connectivity index (χ1) is 15.1. The molecule has 5 nitrogen and oxygen atoms in total. The van der Waals surface area contributed by atoms with Crippen LogP contribution in [0.15, 0.2) is 78.9 Å². The number of carbonyl (C=O) groups is 1. The highest BCUT2D eigenvalue weighted by molar-refractivity contribution is 5.82. The normalized spacial score (nSPS) is 14.7. The van der Waals surface area contributed by atoms with E-state index >= 15 is 0 Å². The minimum absolute atomic E-state index is 0.0246. The minimum atomic E-state index is -0.377. The van der Waals surface area contributed by atoms with Crippen LogP contribution in [0.25, 0.3) is 0 Å². The molecule has 31 heavy (non-hydrogen) atoms. The van der Waals surface area contributed by atoms with Crippen LogP contribution in [0, 0.1) is 0 Å². The average molecular weight is 417 g/mol. The summed E-state index contributed by atoms with van der Waals surface area (Å²) >= 11 is 0. The van der Waals surface area contributed by atoms with E-state index in [0.717, 1.165) is 28.2 Å². The summed E-state index contributed by atoms with van der Waals surface area (Å²) in [6.07, 6.45) is 0. The van der Waals surface area contributed by atoms with Crippen molar-refractivity contribution in [2.45, 2.75) is 32.0 Å². The molecule has 4 rings (SSSR count). The van der Waals surface area contributed by atoms with E-state index < -0.39 is 0 Å². The first-order valence-electron chi connectivity index (χ1n) is 10.7. The molecule has 0 spiro atoms. The van der Waals surface area contributed by atoms with Gasteiger partial charge >= 0.3 is 0 Å². The van der Waals surface area contributed by atoms with Crippen LogP contribution >= 0.6 is 0 Å². The number of fused-ring (bicyclic) bond motifs is 1. The summed E-state index contributed by atoms with van der Waals surface area (Å²) in [5.74, 6) is 1.46. The molecule has 0 bridgehead atoms. The first kappa shape index (κ1) is 20.9. The summed E-state index contributed by atoms with van der Waals surface area (Å²) < 4.78 is 11.3. The van der Waals surface area contributed by atoms with Gasteiger partial charge in [0.25, 0.3) is 0 Å². The molecule has 0 aliphatic carbocycles. The van der Waals surface area contributed by atoms with Gasteiger partial charge in [0.05, 0.1) is 12.1 Å². The van der Waals surface area contributed by atoms with Gasteiger partial charge in [0, 0.05) is 6.04 Å². The molecule has 0 saturated heterocycles. The van der Waals surface area contributed by atoms with Crippen molar-refractivity contribution in [1.29, 1.82) is 0 Å². The van der Waals surface area contributed by atoms with Crippen molar-refractivity contribution in [2.75, 3.05) is 13.2 Å². The number of nitrogens with one attached hydrogen (secondary N) is 2. The second-order valence-corrected chi connectivity index (χ2v) is 7.78. The number of hydrogen-bond donors (Lipinski definition) is 2. The fraction of sp³-hybridized carbons (Fsp3) is 0.269. The summed E-state index contributed by atoms with van der Waals surface area (Å²) in [5, 5.41) is 6.61. The van der Waals surface area contributed by atoms with Crippen molar-refractivity contribution >= 4 is 5.91 Å². The lowest BCUT2D eigenvalue weighted by Crippen LogP contribution is -2.44. The van der Waals surface area contributed by atoms with Crippen molar-refractivity contribution in [3.8, 4) is 11.5 Å². The third-order valence-electron chi connectivity index (χ3n) is 5.51. The lowest BCUT2D eigenvalue weighted by molar-refractivity contribution is -0.123. The van der Waals surface area contributed by atoms with E-state index in [9.17, 15) is 4.79 Å². The van der Waals surface area contributed by atoms with Crippen molar-refractivity contribution in [3.05, 3.63) is 95.6 Å². The number of ether oxygens (including phenoxy) is 2. The zero-order valence-electron chi connectivity index (χ0n) is 17.9. The molecule has 1 amide bonds. The Balaban J connectivity index is 1.45. The number of benzene rings is 3. The largest absolute Gasteiger partial charge is 0.486 e. The maximum absolute atomic E-state index is 13.1. The minimum Gasteiger partial charge on any atom is -0.486 e. The van der Waals surface area contributed by atoms with Crippen LogP contribution in [0.2, 0.25) is 0 Å². The number of rotatable bonds is 7. The lowest BCUT2D eigenvalue weighted by Gasteiger charge is -2.25. The fourth-order valence-corrected chi connectivity index (χ4v) is 3.79. The highest BCUT2D eigenvalue weighted by atomic mass is 16.6. The van der Waals surface area contributed by atoms with E-state index in [1.165, 1.54) is 0 Å². The molecular formula is C26H28N2O3. The Hall–Kier alpha value is -3.31. The number of amides is 1. The molecule has 2 atom stereocenters. The molecule has 0 aromatic heterocycles. The Labute approximate surface area is 183 Å². The topological polar surface area (TPSA) is 59.6 Å². The Morgan fingerprint density at radius 2 is 1.35 bits per heavy atom. The van der Waals surface area contributed by atoms with Gasteiger partial charge in [-0.1, -0.05) is 66.7 Å². The maximum atomic E-state index is 13.1. The van der Waals surface area contributed by atoms with Crippen LogP contribution in [0.3, 0.4) is 0 Å². The molecule has 0 fully saturated rings. The van der Waals surface area contributed by atoms with Crippen molar-refractivity contribution in [3.63, 3.8) is 0 Å². The van der Waals surface area contributed by atoms with Crippen molar-refractivity contribution < 1.29 is 14.3 Å². The zero-order chi connectivity index (χ0) is 21.6. The number of hydrogen-bond acceptors (Lipinski definition) is 4. The SMILES string of the molecule is C[C@H](N[C@H](C)C(=O)NC(c1ccccc1)c1ccccc1)c1ccc2c(c1)OCCO2. The third kappa shape index (κ3) is 5.06. The van der Waals surface area contributed by atoms with E-state index in [1.807, 2.05) is 92.7 Å². The highest BCUT2D eigenvalue weighted by Crippen LogP contribution is 2.32. The highest BCUT2D eigenvalue weighted by Gasteiger charge is 2.22. The van der Waals surface area contributed by atoms with Gasteiger partial charge in [0.1, 0.15) is 13.2 Å². The van der Waals surface area contributed by atoms with Gasteiger partial charge in [-0.25, -0.2) is 0 Å². The van der Waals surface area contributed by atoms with E-state index in [0.29, 0.717) is 13.2 Å². The van der Waals surface area contributed by atoms with Crippen LogP contribution in [0.1, 0.15) is 42.6 Å². The van der Waals surface area contributed by atoms with Gasteiger partial charge in [-0.2, -0.15) is 0 Å². The Bertz CT molecular complexity index is 968. The molecule has 160 valence electrons. The smallest absolute Gasteiger partial charge is 0.237 e. The summed E-state index contributed by atoms with van der Waals surface area (Å²) in [6, 6.07) is 25.4. The number of carbonyl (C=O) groups excluding carboxylic acids is 1. The molecule has 1 aliphatic rings. The van der Waals surface area contributed by atoms with E-state index in [4.69, 9.17) is 9.47 Å². The average Bonchev–Trinajstić information content (AvgIpc) is 2.83. The monoisotopic (exact) mass is 416 g/mol. The molecule has 1 heterocycles. The van der Waals surface area contributed by atoms with E-state index in [-0.39, 0.29) is 24.0 Å². The summed E-state index contributed by atoms with van der Waals surface area (Å²) in [5.41, 5.74) is 3.15. The zero-order valence-corrected chi connectivity index (χ0v) is 17.9. The van der Waals surface area contributed by atoms with Crippen molar-refractivity contribution in [2.24, 2.45) is 0 Å². The van der Waals surface area contributed by atoms with Crippen LogP contribution in [0.5, 0.6) is 11.5 Å². The van der Waals surface area contributed by atoms with Gasteiger partial charge in [-0.15, -0.1) is 0 Å². The fourth-order valence-electron chi connectivity index (χ4n) is 3.79. The van der Waals surface area contributed by atoms with Crippen LogP contribution < -0.4 is 20.1 Å². The molecule has 1 aliphatic heterocycles. The summed E-state index contributed by atoms with van der Waals surface area (Å²) in [6.45, 7) is 5.05. The molecule has 0 radical (unpaired) electrons. The molecule has 3 aromatic carbocycles. The molecule has 0 saturated carbocycles. The predicted molar refractivity (Wildman–Crippen MR) is 121 cm³/mol. The Kier molecular flexibility index (Phi) is 6.53. The molecular weight excluding hydrogens is 388 g/mol. The van der Waals surface area contributed by atoms with E-state index in [1.54, 1.807) is 0 Å². The van der Waals surface area contributed by atoms with Crippen LogP contribution in [-0.2, 0) is 4.79 Å². The molecule has 2 N–H and O–H groups in total. The van der Waals surface area contributed by atoms with Gasteiger partial charge < -0.3 is 14.8 Å². The second-order valence-electron chi connectivity index (χ2n) is 7.78. The summed E-state index contributed by atoms with van der Waals surface area (Å²) in [4.78, 5) is 13.1. The molecule has 3 aromatic rings. The quantitative estimate of drug-likeness (QED) is 0.599. The van der Waals surface area contributed by atoms with Crippen LogP contribution in [0.4, 0.5) is 0 Å². The Morgan fingerprint density at radius 1 is 0.774 bits per heavy atom. The second kappa shape index (κ2) is 9.67.